The quantitative estimate of drug-likeness (QED) is 0.755. The van der Waals surface area contributed by atoms with Crippen molar-refractivity contribution in [3.8, 4) is 0 Å². The molecule has 0 aromatic heterocycles. The van der Waals surface area contributed by atoms with Crippen LogP contribution in [-0.4, -0.2) is 11.9 Å². The summed E-state index contributed by atoms with van der Waals surface area (Å²) in [5.74, 6) is 1.30. The third-order valence-corrected chi connectivity index (χ3v) is 5.42. The van der Waals surface area contributed by atoms with E-state index in [4.69, 9.17) is 11.6 Å². The maximum Gasteiger partial charge on any atom is 0.252 e. The minimum absolute atomic E-state index is 0.000466. The van der Waals surface area contributed by atoms with Crippen LogP contribution in [0.1, 0.15) is 43.5 Å². The van der Waals surface area contributed by atoms with E-state index in [1.165, 1.54) is 12.8 Å². The van der Waals surface area contributed by atoms with Crippen LogP contribution in [0.25, 0.3) is 0 Å². The minimum Gasteiger partial charge on any atom is -0.349 e. The predicted molar refractivity (Wildman–Crippen MR) is 87.6 cm³/mol. The zero-order chi connectivity index (χ0) is 14.0. The SMILES string of the molecule is CCC1CCC(NC(=O)c2cc(Cl)ccc2I)C1C. The molecule has 104 valence electrons. The van der Waals surface area contributed by atoms with E-state index in [-0.39, 0.29) is 5.91 Å². The van der Waals surface area contributed by atoms with Gasteiger partial charge in [-0.15, -0.1) is 0 Å². The summed E-state index contributed by atoms with van der Waals surface area (Å²) < 4.78 is 0.942. The van der Waals surface area contributed by atoms with Crippen LogP contribution in [0.4, 0.5) is 0 Å². The van der Waals surface area contributed by atoms with Gasteiger partial charge >= 0.3 is 0 Å². The van der Waals surface area contributed by atoms with Crippen LogP contribution in [0.2, 0.25) is 5.02 Å². The van der Waals surface area contributed by atoms with Crippen LogP contribution in [0.5, 0.6) is 0 Å². The minimum atomic E-state index is 0.000466. The number of carbonyl (C=O) groups is 1. The molecule has 3 unspecified atom stereocenters. The fraction of sp³-hybridized carbons (Fsp3) is 0.533. The summed E-state index contributed by atoms with van der Waals surface area (Å²) >= 11 is 8.14. The molecule has 3 atom stereocenters. The molecule has 1 aliphatic carbocycles. The molecule has 1 aliphatic rings. The second-order valence-electron chi connectivity index (χ2n) is 5.31. The van der Waals surface area contributed by atoms with E-state index >= 15 is 0 Å². The van der Waals surface area contributed by atoms with Crippen molar-refractivity contribution in [2.45, 2.75) is 39.2 Å². The molecule has 2 rings (SSSR count). The summed E-state index contributed by atoms with van der Waals surface area (Å²) in [6.07, 6.45) is 3.50. The molecule has 0 bridgehead atoms. The number of hydrogen-bond donors (Lipinski definition) is 1. The molecule has 1 fully saturated rings. The van der Waals surface area contributed by atoms with Crippen molar-refractivity contribution in [1.29, 1.82) is 0 Å². The number of nitrogens with one attached hydrogen (secondary N) is 1. The Morgan fingerprint density at radius 1 is 1.47 bits per heavy atom. The van der Waals surface area contributed by atoms with Crippen LogP contribution < -0.4 is 5.32 Å². The van der Waals surface area contributed by atoms with E-state index in [0.717, 1.165) is 15.9 Å². The Labute approximate surface area is 133 Å². The number of carbonyl (C=O) groups excluding carboxylic acids is 1. The van der Waals surface area contributed by atoms with Gasteiger partial charge in [0, 0.05) is 14.6 Å². The molecule has 0 heterocycles. The Morgan fingerprint density at radius 3 is 2.84 bits per heavy atom. The van der Waals surface area contributed by atoms with Crippen molar-refractivity contribution in [2.24, 2.45) is 11.8 Å². The summed E-state index contributed by atoms with van der Waals surface area (Å²) in [7, 11) is 0. The number of halogens is 2. The maximum atomic E-state index is 12.3. The largest absolute Gasteiger partial charge is 0.349 e. The number of rotatable bonds is 3. The number of benzene rings is 1. The number of amides is 1. The van der Waals surface area contributed by atoms with Gasteiger partial charge in [-0.1, -0.05) is 31.9 Å². The van der Waals surface area contributed by atoms with Gasteiger partial charge < -0.3 is 5.32 Å². The Kier molecular flexibility index (Phi) is 5.12. The normalized spacial score (nSPS) is 26.4. The lowest BCUT2D eigenvalue weighted by Gasteiger charge is -2.21. The summed E-state index contributed by atoms with van der Waals surface area (Å²) in [6, 6.07) is 5.73. The van der Waals surface area contributed by atoms with Crippen LogP contribution in [0.15, 0.2) is 18.2 Å². The van der Waals surface area contributed by atoms with Crippen LogP contribution >= 0.6 is 34.2 Å². The lowest BCUT2D eigenvalue weighted by molar-refractivity contribution is 0.0925. The van der Waals surface area contributed by atoms with E-state index in [0.29, 0.717) is 22.5 Å². The monoisotopic (exact) mass is 391 g/mol. The molecule has 2 nitrogen and oxygen atoms in total. The molecule has 0 saturated heterocycles. The third-order valence-electron chi connectivity index (χ3n) is 4.24. The van der Waals surface area contributed by atoms with Gasteiger partial charge in [0.15, 0.2) is 0 Å². The van der Waals surface area contributed by atoms with E-state index in [1.807, 2.05) is 12.1 Å². The highest BCUT2D eigenvalue weighted by atomic mass is 127. The fourth-order valence-electron chi connectivity index (χ4n) is 2.95. The highest BCUT2D eigenvalue weighted by Gasteiger charge is 2.32. The van der Waals surface area contributed by atoms with E-state index in [2.05, 4.69) is 41.8 Å². The Hall–Kier alpha value is -0.290. The molecule has 0 spiro atoms. The molecule has 0 aliphatic heterocycles. The Morgan fingerprint density at radius 2 is 2.21 bits per heavy atom. The van der Waals surface area contributed by atoms with Gasteiger partial charge in [0.2, 0.25) is 0 Å². The second kappa shape index (κ2) is 6.44. The summed E-state index contributed by atoms with van der Waals surface area (Å²) in [5.41, 5.74) is 0.681. The average Bonchev–Trinajstić information content (AvgIpc) is 2.73. The van der Waals surface area contributed by atoms with E-state index in [9.17, 15) is 4.79 Å². The van der Waals surface area contributed by atoms with Gasteiger partial charge in [0.25, 0.3) is 5.91 Å². The van der Waals surface area contributed by atoms with Crippen molar-refractivity contribution in [3.05, 3.63) is 32.4 Å². The fourth-order valence-corrected chi connectivity index (χ4v) is 3.70. The predicted octanol–water partition coefficient (Wildman–Crippen LogP) is 4.50. The topological polar surface area (TPSA) is 29.1 Å². The van der Waals surface area contributed by atoms with Crippen LogP contribution in [-0.2, 0) is 0 Å². The van der Waals surface area contributed by atoms with Gasteiger partial charge in [-0.05, 0) is 65.5 Å². The lowest BCUT2D eigenvalue weighted by atomic mass is 9.93. The average molecular weight is 392 g/mol. The third kappa shape index (κ3) is 3.43. The first-order chi connectivity index (χ1) is 9.02. The van der Waals surface area contributed by atoms with Crippen LogP contribution in [0, 0.1) is 15.4 Å². The lowest BCUT2D eigenvalue weighted by Crippen LogP contribution is -2.37. The van der Waals surface area contributed by atoms with Gasteiger partial charge in [0.05, 0.1) is 5.56 Å². The Bertz CT molecular complexity index is 477. The van der Waals surface area contributed by atoms with Crippen molar-refractivity contribution in [1.82, 2.24) is 5.32 Å². The van der Waals surface area contributed by atoms with Gasteiger partial charge in [0.1, 0.15) is 0 Å². The highest BCUT2D eigenvalue weighted by molar-refractivity contribution is 14.1. The van der Waals surface area contributed by atoms with E-state index < -0.39 is 0 Å². The van der Waals surface area contributed by atoms with Crippen molar-refractivity contribution in [3.63, 3.8) is 0 Å². The molecule has 19 heavy (non-hydrogen) atoms. The number of hydrogen-bond acceptors (Lipinski definition) is 1. The highest BCUT2D eigenvalue weighted by Crippen LogP contribution is 2.34. The standard InChI is InChI=1S/C15H19ClINO/c1-3-10-4-7-14(9(10)2)18-15(19)12-8-11(16)5-6-13(12)17/h5-6,8-10,14H,3-4,7H2,1-2H3,(H,18,19). The molecule has 0 radical (unpaired) electrons. The van der Waals surface area contributed by atoms with Crippen molar-refractivity contribution >= 4 is 40.1 Å². The first-order valence-corrected chi connectivity index (χ1v) is 8.24. The molecule has 1 aromatic carbocycles. The van der Waals surface area contributed by atoms with Crippen LogP contribution in [0.3, 0.4) is 0 Å². The van der Waals surface area contributed by atoms with Gasteiger partial charge in [-0.2, -0.15) is 0 Å². The molecule has 4 heteroatoms. The summed E-state index contributed by atoms with van der Waals surface area (Å²) in [5, 5.41) is 3.78. The summed E-state index contributed by atoms with van der Waals surface area (Å²) in [4.78, 5) is 12.3. The van der Waals surface area contributed by atoms with Gasteiger partial charge in [-0.25, -0.2) is 0 Å². The van der Waals surface area contributed by atoms with Crippen molar-refractivity contribution in [2.75, 3.05) is 0 Å². The van der Waals surface area contributed by atoms with Gasteiger partial charge in [-0.3, -0.25) is 4.79 Å². The zero-order valence-electron chi connectivity index (χ0n) is 11.2. The Balaban J connectivity index is 2.07. The smallest absolute Gasteiger partial charge is 0.252 e. The maximum absolute atomic E-state index is 12.3. The first kappa shape index (κ1) is 15.1. The summed E-state index contributed by atoms with van der Waals surface area (Å²) in [6.45, 7) is 4.47. The molecule has 1 N–H and O–H groups in total. The molecular formula is C15H19ClINO. The van der Waals surface area contributed by atoms with E-state index in [1.54, 1.807) is 6.07 Å². The molecule has 1 amide bonds. The second-order valence-corrected chi connectivity index (χ2v) is 6.91. The first-order valence-electron chi connectivity index (χ1n) is 6.78. The molecule has 1 saturated carbocycles. The van der Waals surface area contributed by atoms with Crippen molar-refractivity contribution < 1.29 is 4.79 Å². The molecule has 1 aromatic rings. The zero-order valence-corrected chi connectivity index (χ0v) is 14.2. The molecular weight excluding hydrogens is 373 g/mol.